The van der Waals surface area contributed by atoms with E-state index >= 15 is 0 Å². The van der Waals surface area contributed by atoms with E-state index in [0.717, 1.165) is 12.1 Å². The van der Waals surface area contributed by atoms with Gasteiger partial charge >= 0.3 is 18.3 Å². The van der Waals surface area contributed by atoms with Crippen LogP contribution in [0, 0.1) is 0 Å². The van der Waals surface area contributed by atoms with E-state index in [1.165, 1.54) is 6.20 Å². The second kappa shape index (κ2) is 9.04. The van der Waals surface area contributed by atoms with Crippen LogP contribution in [0.15, 0.2) is 72.1 Å². The Labute approximate surface area is 176 Å². The molecule has 0 N–H and O–H groups in total. The predicted octanol–water partition coefficient (Wildman–Crippen LogP) is 5.77. The minimum atomic E-state index is -4.92. The number of hydrogen-bond acceptors (Lipinski definition) is 4. The highest BCUT2D eigenvalue weighted by Crippen LogP contribution is 2.32. The summed E-state index contributed by atoms with van der Waals surface area (Å²) in [6.45, 7) is 0. The van der Waals surface area contributed by atoms with Crippen molar-refractivity contribution in [3.63, 3.8) is 0 Å². The van der Waals surface area contributed by atoms with E-state index in [0.29, 0.717) is 29.6 Å². The number of para-hydroxylation sites is 1. The Kier molecular flexibility index (Phi) is 6.63. The third-order valence-corrected chi connectivity index (χ3v) is 5.07. The standard InChI is InChI=1S/C20H14F6N2O2S/c21-19(22,23)14-6-4-5-13(11-14)17(29)30-16(20(24,25)26)12-31-18-27-9-10-28(18)15-7-2-1-3-8-15/h1-11,16H,12H2. The summed E-state index contributed by atoms with van der Waals surface area (Å²) in [5.41, 5.74) is -1.11. The number of nitrogens with zero attached hydrogens (tertiary/aromatic N) is 2. The lowest BCUT2D eigenvalue weighted by atomic mass is 10.1. The van der Waals surface area contributed by atoms with Gasteiger partial charge in [0.2, 0.25) is 6.10 Å². The van der Waals surface area contributed by atoms with Crippen molar-refractivity contribution >= 4 is 17.7 Å². The van der Waals surface area contributed by atoms with Gasteiger partial charge in [-0.25, -0.2) is 9.78 Å². The Morgan fingerprint density at radius 1 is 1.03 bits per heavy atom. The Morgan fingerprint density at radius 3 is 2.39 bits per heavy atom. The fraction of sp³-hybridized carbons (Fsp3) is 0.200. The van der Waals surface area contributed by atoms with Gasteiger partial charge in [0.1, 0.15) is 0 Å². The van der Waals surface area contributed by atoms with Crippen LogP contribution in [0.3, 0.4) is 0 Å². The number of halogens is 6. The van der Waals surface area contributed by atoms with Crippen molar-refractivity contribution in [3.05, 3.63) is 78.1 Å². The van der Waals surface area contributed by atoms with Gasteiger partial charge in [0.25, 0.3) is 0 Å². The van der Waals surface area contributed by atoms with Crippen LogP contribution in [0.1, 0.15) is 15.9 Å². The fourth-order valence-corrected chi connectivity index (χ4v) is 3.55. The van der Waals surface area contributed by atoms with Crippen molar-refractivity contribution in [3.8, 4) is 5.69 Å². The quantitative estimate of drug-likeness (QED) is 0.266. The van der Waals surface area contributed by atoms with E-state index in [1.54, 1.807) is 41.1 Å². The molecule has 31 heavy (non-hydrogen) atoms. The predicted molar refractivity (Wildman–Crippen MR) is 101 cm³/mol. The molecular weight excluding hydrogens is 446 g/mol. The number of thioether (sulfide) groups is 1. The third kappa shape index (κ3) is 5.81. The van der Waals surface area contributed by atoms with Gasteiger partial charge in [0.05, 0.1) is 11.1 Å². The molecule has 1 atom stereocenters. The molecule has 0 amide bonds. The summed E-state index contributed by atoms with van der Waals surface area (Å²) in [6, 6.07) is 11.8. The van der Waals surface area contributed by atoms with Crippen LogP contribution in [0.4, 0.5) is 26.3 Å². The molecule has 1 aromatic heterocycles. The van der Waals surface area contributed by atoms with E-state index in [1.807, 2.05) is 0 Å². The average Bonchev–Trinajstić information content (AvgIpc) is 3.19. The van der Waals surface area contributed by atoms with Gasteiger partial charge in [-0.15, -0.1) is 0 Å². The summed E-state index contributed by atoms with van der Waals surface area (Å²) in [7, 11) is 0. The molecule has 0 fully saturated rings. The Bertz CT molecular complexity index is 1030. The molecule has 0 bridgehead atoms. The molecule has 0 aliphatic rings. The Balaban J connectivity index is 1.74. The zero-order valence-electron chi connectivity index (χ0n) is 15.5. The number of carbonyl (C=O) groups excluding carboxylic acids is 1. The fourth-order valence-electron chi connectivity index (χ4n) is 2.55. The SMILES string of the molecule is O=C(OC(CSc1nccn1-c1ccccc1)C(F)(F)F)c1cccc(C(F)(F)F)c1. The molecular formula is C20H14F6N2O2S. The van der Waals surface area contributed by atoms with Gasteiger partial charge in [-0.2, -0.15) is 26.3 Å². The van der Waals surface area contributed by atoms with E-state index in [-0.39, 0.29) is 5.16 Å². The zero-order valence-corrected chi connectivity index (χ0v) is 16.3. The molecule has 1 unspecified atom stereocenters. The molecule has 0 saturated carbocycles. The van der Waals surface area contributed by atoms with E-state index in [9.17, 15) is 31.1 Å². The van der Waals surface area contributed by atoms with Crippen LogP contribution in [0.25, 0.3) is 5.69 Å². The number of benzene rings is 2. The molecule has 164 valence electrons. The van der Waals surface area contributed by atoms with Crippen LogP contribution in [0.5, 0.6) is 0 Å². The molecule has 0 radical (unpaired) electrons. The van der Waals surface area contributed by atoms with E-state index < -0.39 is 41.3 Å². The van der Waals surface area contributed by atoms with Crippen LogP contribution < -0.4 is 0 Å². The molecule has 0 spiro atoms. The minimum Gasteiger partial charge on any atom is -0.448 e. The summed E-state index contributed by atoms with van der Waals surface area (Å²) in [5.74, 6) is -2.22. The van der Waals surface area contributed by atoms with Crippen molar-refractivity contribution < 1.29 is 35.9 Å². The van der Waals surface area contributed by atoms with Crippen LogP contribution in [-0.4, -0.2) is 33.6 Å². The monoisotopic (exact) mass is 460 g/mol. The van der Waals surface area contributed by atoms with Crippen molar-refractivity contribution in [2.75, 3.05) is 5.75 Å². The van der Waals surface area contributed by atoms with Gasteiger partial charge in [-0.05, 0) is 30.3 Å². The third-order valence-electron chi connectivity index (χ3n) is 4.04. The van der Waals surface area contributed by atoms with E-state index in [4.69, 9.17) is 0 Å². The number of hydrogen-bond donors (Lipinski definition) is 0. The first-order chi connectivity index (χ1) is 14.6. The van der Waals surface area contributed by atoms with Crippen LogP contribution in [0.2, 0.25) is 0 Å². The maximum absolute atomic E-state index is 13.4. The second-order valence-electron chi connectivity index (χ2n) is 6.24. The van der Waals surface area contributed by atoms with E-state index in [2.05, 4.69) is 9.72 Å². The second-order valence-corrected chi connectivity index (χ2v) is 7.23. The summed E-state index contributed by atoms with van der Waals surface area (Å²) in [5, 5.41) is 0.232. The maximum atomic E-state index is 13.4. The average molecular weight is 460 g/mol. The van der Waals surface area contributed by atoms with Gasteiger partial charge in [-0.3, -0.25) is 4.57 Å². The number of imidazole rings is 1. The lowest BCUT2D eigenvalue weighted by Gasteiger charge is -2.20. The van der Waals surface area contributed by atoms with Crippen molar-refractivity contribution in [1.82, 2.24) is 9.55 Å². The number of ether oxygens (including phenoxy) is 1. The summed E-state index contributed by atoms with van der Waals surface area (Å²) in [6.07, 6.45) is -9.24. The van der Waals surface area contributed by atoms with Crippen molar-refractivity contribution in [1.29, 1.82) is 0 Å². The highest BCUT2D eigenvalue weighted by Gasteiger charge is 2.43. The Hall–Kier alpha value is -2.95. The molecule has 0 aliphatic heterocycles. The molecule has 11 heteroatoms. The molecule has 2 aromatic carbocycles. The molecule has 0 saturated heterocycles. The summed E-state index contributed by atoms with van der Waals surface area (Å²) in [4.78, 5) is 16.1. The molecule has 4 nitrogen and oxygen atoms in total. The first kappa shape index (κ1) is 22.7. The largest absolute Gasteiger partial charge is 0.448 e. The number of carbonyl (C=O) groups is 1. The summed E-state index contributed by atoms with van der Waals surface area (Å²) < 4.78 is 84.7. The van der Waals surface area contributed by atoms with Gasteiger partial charge in [0.15, 0.2) is 5.16 Å². The molecule has 3 rings (SSSR count). The van der Waals surface area contributed by atoms with Gasteiger partial charge in [-0.1, -0.05) is 36.0 Å². The first-order valence-electron chi connectivity index (χ1n) is 8.72. The normalized spacial score (nSPS) is 13.1. The highest BCUT2D eigenvalue weighted by atomic mass is 32.2. The lowest BCUT2D eigenvalue weighted by Crippen LogP contribution is -2.36. The summed E-state index contributed by atoms with van der Waals surface area (Å²) >= 11 is 0.703. The minimum absolute atomic E-state index is 0.232. The maximum Gasteiger partial charge on any atom is 0.426 e. The molecule has 1 heterocycles. The number of esters is 1. The first-order valence-corrected chi connectivity index (χ1v) is 9.71. The van der Waals surface area contributed by atoms with Crippen LogP contribution >= 0.6 is 11.8 Å². The number of aromatic nitrogens is 2. The zero-order chi connectivity index (χ0) is 22.6. The topological polar surface area (TPSA) is 44.1 Å². The molecule has 3 aromatic rings. The van der Waals surface area contributed by atoms with Crippen molar-refractivity contribution in [2.24, 2.45) is 0 Å². The van der Waals surface area contributed by atoms with Crippen molar-refractivity contribution in [2.45, 2.75) is 23.6 Å². The Morgan fingerprint density at radius 2 is 1.74 bits per heavy atom. The van der Waals surface area contributed by atoms with Gasteiger partial charge < -0.3 is 4.74 Å². The number of alkyl halides is 6. The van der Waals surface area contributed by atoms with Gasteiger partial charge in [0, 0.05) is 23.8 Å². The highest BCUT2D eigenvalue weighted by molar-refractivity contribution is 7.99. The number of rotatable bonds is 6. The molecule has 0 aliphatic carbocycles. The van der Waals surface area contributed by atoms with Crippen LogP contribution in [-0.2, 0) is 10.9 Å². The lowest BCUT2D eigenvalue weighted by molar-refractivity contribution is -0.196. The smallest absolute Gasteiger partial charge is 0.426 e.